The molecule has 0 saturated carbocycles. The van der Waals surface area contributed by atoms with Gasteiger partial charge in [-0.2, -0.15) is 0 Å². The van der Waals surface area contributed by atoms with Crippen molar-refractivity contribution in [1.29, 1.82) is 0 Å². The number of alkyl halides is 1. The highest BCUT2D eigenvalue weighted by Crippen LogP contribution is 2.17. The molecule has 116 valence electrons. The first-order valence-corrected chi connectivity index (χ1v) is 8.63. The van der Waals surface area contributed by atoms with Crippen molar-refractivity contribution in [2.45, 2.75) is 23.8 Å². The molecule has 0 aliphatic carbocycles. The molecule has 1 aliphatic heterocycles. The summed E-state index contributed by atoms with van der Waals surface area (Å²) in [5.74, 6) is 0.409. The molecule has 1 heterocycles. The van der Waals surface area contributed by atoms with Crippen LogP contribution in [0.5, 0.6) is 0 Å². The molecule has 1 unspecified atom stereocenters. The molecule has 3 N–H and O–H groups in total. The van der Waals surface area contributed by atoms with Crippen LogP contribution in [0.3, 0.4) is 0 Å². The van der Waals surface area contributed by atoms with E-state index in [4.69, 9.17) is 22.1 Å². The summed E-state index contributed by atoms with van der Waals surface area (Å²) in [5, 5.41) is 0. The summed E-state index contributed by atoms with van der Waals surface area (Å²) in [6.07, 6.45) is 1.82. The van der Waals surface area contributed by atoms with Crippen molar-refractivity contribution in [1.82, 2.24) is 4.72 Å². The second-order valence-corrected chi connectivity index (χ2v) is 6.75. The molecule has 0 spiro atoms. The van der Waals surface area contributed by atoms with Crippen molar-refractivity contribution in [3.8, 4) is 0 Å². The molecule has 8 heteroatoms. The maximum atomic E-state index is 12.1. The van der Waals surface area contributed by atoms with Gasteiger partial charge in [0.2, 0.25) is 10.0 Å². The number of aliphatic imine (C=N–C) groups is 1. The molecule has 1 atom stereocenters. The number of nitrogens with one attached hydrogen (secondary N) is 1. The molecule has 21 heavy (non-hydrogen) atoms. The third kappa shape index (κ3) is 4.67. The first kappa shape index (κ1) is 16.2. The monoisotopic (exact) mass is 331 g/mol. The van der Waals surface area contributed by atoms with E-state index in [2.05, 4.69) is 9.71 Å². The Morgan fingerprint density at radius 2 is 2.14 bits per heavy atom. The Bertz CT molecular complexity index is 596. The number of nitrogens with two attached hydrogens (primary N) is 1. The normalized spacial score (nSPS) is 19.9. The van der Waals surface area contributed by atoms with Crippen LogP contribution in [-0.2, 0) is 14.8 Å². The predicted molar refractivity (Wildman–Crippen MR) is 82.6 cm³/mol. The molecule has 2 rings (SSSR count). The molecule has 0 radical (unpaired) electrons. The molecule has 1 saturated heterocycles. The fourth-order valence-electron chi connectivity index (χ4n) is 1.99. The van der Waals surface area contributed by atoms with Crippen molar-refractivity contribution < 1.29 is 13.2 Å². The first-order valence-electron chi connectivity index (χ1n) is 6.61. The average Bonchev–Trinajstić information content (AvgIpc) is 2.99. The number of ether oxygens (including phenoxy) is 1. The smallest absolute Gasteiger partial charge is 0.240 e. The zero-order valence-corrected chi connectivity index (χ0v) is 13.0. The van der Waals surface area contributed by atoms with Gasteiger partial charge in [0.05, 0.1) is 22.6 Å². The van der Waals surface area contributed by atoms with Gasteiger partial charge in [0.25, 0.3) is 0 Å². The van der Waals surface area contributed by atoms with Crippen LogP contribution in [-0.4, -0.2) is 39.4 Å². The van der Waals surface area contributed by atoms with E-state index in [1.165, 1.54) is 12.1 Å². The van der Waals surface area contributed by atoms with Gasteiger partial charge in [-0.1, -0.05) is 0 Å². The minimum absolute atomic E-state index is 0.0350. The molecule has 1 fully saturated rings. The third-order valence-corrected chi connectivity index (χ3v) is 4.79. The van der Waals surface area contributed by atoms with Crippen LogP contribution >= 0.6 is 11.6 Å². The van der Waals surface area contributed by atoms with Gasteiger partial charge in [0.15, 0.2) is 0 Å². The molecule has 0 amide bonds. The van der Waals surface area contributed by atoms with E-state index in [0.29, 0.717) is 18.8 Å². The maximum absolute atomic E-state index is 12.1. The Morgan fingerprint density at radius 3 is 2.71 bits per heavy atom. The Morgan fingerprint density at radius 1 is 1.43 bits per heavy atom. The zero-order chi connectivity index (χ0) is 15.3. The van der Waals surface area contributed by atoms with E-state index < -0.39 is 10.0 Å². The fourth-order valence-corrected chi connectivity index (χ4v) is 3.11. The summed E-state index contributed by atoms with van der Waals surface area (Å²) in [6, 6.07) is 6.14. The Labute approximate surface area is 129 Å². The van der Waals surface area contributed by atoms with E-state index in [9.17, 15) is 8.42 Å². The van der Waals surface area contributed by atoms with Crippen LogP contribution in [0.4, 0.5) is 5.69 Å². The summed E-state index contributed by atoms with van der Waals surface area (Å²) in [5.41, 5.74) is 6.08. The highest BCUT2D eigenvalue weighted by molar-refractivity contribution is 7.89. The van der Waals surface area contributed by atoms with Crippen molar-refractivity contribution in [3.63, 3.8) is 0 Å². The number of sulfonamides is 1. The minimum Gasteiger partial charge on any atom is -0.386 e. The highest BCUT2D eigenvalue weighted by atomic mass is 35.5. The summed E-state index contributed by atoms with van der Waals surface area (Å²) in [4.78, 5) is 4.22. The van der Waals surface area contributed by atoms with E-state index >= 15 is 0 Å². The number of benzene rings is 1. The lowest BCUT2D eigenvalue weighted by Crippen LogP contribution is -2.31. The standard InChI is InChI=1S/C13H18ClN3O3S/c14-8-13(15)17-10-3-5-12(6-4-10)21(18,19)16-9-11-2-1-7-20-11/h3-6,11,16H,1-2,7-9H2,(H2,15,17). The van der Waals surface area contributed by atoms with E-state index in [0.717, 1.165) is 12.8 Å². The van der Waals surface area contributed by atoms with Crippen LogP contribution in [0.25, 0.3) is 0 Å². The van der Waals surface area contributed by atoms with Crippen molar-refractivity contribution in [2.24, 2.45) is 10.7 Å². The number of halogens is 1. The molecule has 0 bridgehead atoms. The molecule has 1 aromatic rings. The topological polar surface area (TPSA) is 93.8 Å². The lowest BCUT2D eigenvalue weighted by atomic mass is 10.2. The van der Waals surface area contributed by atoms with Crippen molar-refractivity contribution in [2.75, 3.05) is 19.0 Å². The maximum Gasteiger partial charge on any atom is 0.240 e. The van der Waals surface area contributed by atoms with Gasteiger partial charge in [-0.15, -0.1) is 11.6 Å². The van der Waals surface area contributed by atoms with E-state index in [1.54, 1.807) is 12.1 Å². The summed E-state index contributed by atoms with van der Waals surface area (Å²) in [7, 11) is -3.53. The summed E-state index contributed by atoms with van der Waals surface area (Å²) < 4.78 is 32.2. The molecule has 0 aromatic heterocycles. The number of amidine groups is 1. The molecular weight excluding hydrogens is 314 g/mol. The summed E-state index contributed by atoms with van der Waals surface area (Å²) >= 11 is 5.54. The molecule has 1 aromatic carbocycles. The van der Waals surface area contributed by atoms with Gasteiger partial charge in [0.1, 0.15) is 5.84 Å². The van der Waals surface area contributed by atoms with Crippen LogP contribution < -0.4 is 10.5 Å². The van der Waals surface area contributed by atoms with Crippen LogP contribution in [0.1, 0.15) is 12.8 Å². The first-order chi connectivity index (χ1) is 10.0. The van der Waals surface area contributed by atoms with Crippen LogP contribution in [0, 0.1) is 0 Å². The number of hydrogen-bond acceptors (Lipinski definition) is 4. The fraction of sp³-hybridized carbons (Fsp3) is 0.462. The lowest BCUT2D eigenvalue weighted by molar-refractivity contribution is 0.114. The number of hydrogen-bond donors (Lipinski definition) is 2. The van der Waals surface area contributed by atoms with Gasteiger partial charge in [-0.05, 0) is 37.1 Å². The Kier molecular flexibility index (Phi) is 5.58. The van der Waals surface area contributed by atoms with E-state index in [-0.39, 0.29) is 22.7 Å². The molecular formula is C13H18ClN3O3S. The summed E-state index contributed by atoms with van der Waals surface area (Å²) in [6.45, 7) is 0.989. The second kappa shape index (κ2) is 7.22. The largest absolute Gasteiger partial charge is 0.386 e. The average molecular weight is 332 g/mol. The lowest BCUT2D eigenvalue weighted by Gasteiger charge is -2.11. The van der Waals surface area contributed by atoms with Gasteiger partial charge in [-0.25, -0.2) is 18.1 Å². The van der Waals surface area contributed by atoms with Gasteiger partial charge in [0, 0.05) is 13.2 Å². The predicted octanol–water partition coefficient (Wildman–Crippen LogP) is 1.37. The van der Waals surface area contributed by atoms with Crippen molar-refractivity contribution >= 4 is 33.1 Å². The van der Waals surface area contributed by atoms with E-state index in [1.807, 2.05) is 0 Å². The van der Waals surface area contributed by atoms with Gasteiger partial charge < -0.3 is 10.5 Å². The molecule has 1 aliphatic rings. The Hall–Kier alpha value is -1.15. The van der Waals surface area contributed by atoms with Crippen molar-refractivity contribution in [3.05, 3.63) is 24.3 Å². The van der Waals surface area contributed by atoms with Crippen LogP contribution in [0.15, 0.2) is 34.2 Å². The highest BCUT2D eigenvalue weighted by Gasteiger charge is 2.20. The number of nitrogens with zero attached hydrogens (tertiary/aromatic N) is 1. The van der Waals surface area contributed by atoms with Crippen LogP contribution in [0.2, 0.25) is 0 Å². The quantitative estimate of drug-likeness (QED) is 0.467. The minimum atomic E-state index is -3.53. The molecule has 6 nitrogen and oxygen atoms in total. The zero-order valence-electron chi connectivity index (χ0n) is 11.5. The third-order valence-electron chi connectivity index (χ3n) is 3.08. The second-order valence-electron chi connectivity index (χ2n) is 4.72. The van der Waals surface area contributed by atoms with Gasteiger partial charge >= 0.3 is 0 Å². The SMILES string of the molecule is NC(CCl)=Nc1ccc(S(=O)(=O)NCC2CCCO2)cc1. The number of rotatable bonds is 6. The Balaban J connectivity index is 2.02. The van der Waals surface area contributed by atoms with Gasteiger partial charge in [-0.3, -0.25) is 0 Å².